The maximum atomic E-state index is 10.9. The second kappa shape index (κ2) is 4.21. The zero-order chi connectivity index (χ0) is 8.97. The Morgan fingerprint density at radius 2 is 2.42 bits per heavy atom. The number of carbonyl (C=O) groups is 1. The van der Waals surface area contributed by atoms with Crippen molar-refractivity contribution >= 4 is 22.4 Å². The van der Waals surface area contributed by atoms with Crippen LogP contribution in [0, 0.1) is 0 Å². The van der Waals surface area contributed by atoms with Gasteiger partial charge in [-0.05, 0) is 6.42 Å². The van der Waals surface area contributed by atoms with Crippen molar-refractivity contribution in [3.63, 3.8) is 0 Å². The molecule has 1 aromatic rings. The van der Waals surface area contributed by atoms with E-state index in [9.17, 15) is 4.79 Å². The molecule has 0 bridgehead atoms. The second-order valence-corrected chi connectivity index (χ2v) is 3.42. The summed E-state index contributed by atoms with van der Waals surface area (Å²) in [5.41, 5.74) is 0. The molecule has 0 spiro atoms. The summed E-state index contributed by atoms with van der Waals surface area (Å²) in [6.07, 6.45) is 3.17. The largest absolute Gasteiger partial charge is 0.273 e. The molecular formula is C8H11N2OS. The predicted octanol–water partition coefficient (Wildman–Crippen LogP) is 1.88. The molecule has 1 aromatic heterocycles. The van der Waals surface area contributed by atoms with Crippen LogP contribution in [0.25, 0.3) is 0 Å². The van der Waals surface area contributed by atoms with Crippen LogP contribution in [0.4, 0.5) is 5.13 Å². The number of carbonyl (C=O) groups excluding carboxylic acids is 1. The molecule has 65 valence electrons. The topological polar surface area (TPSA) is 44.1 Å². The number of aryl methyl sites for hydroxylation is 1. The van der Waals surface area contributed by atoms with E-state index in [1.807, 2.05) is 0 Å². The average molecular weight is 183 g/mol. The first-order chi connectivity index (χ1) is 5.76. The van der Waals surface area contributed by atoms with E-state index in [1.54, 1.807) is 13.1 Å². The van der Waals surface area contributed by atoms with Gasteiger partial charge in [0.15, 0.2) is 0 Å². The summed E-state index contributed by atoms with van der Waals surface area (Å²) in [7, 11) is 0. The molecule has 0 aromatic carbocycles. The first kappa shape index (κ1) is 9.19. The molecule has 1 radical (unpaired) electrons. The van der Waals surface area contributed by atoms with Crippen LogP contribution in [0.2, 0.25) is 0 Å². The molecule has 1 rings (SSSR count). The molecule has 0 aliphatic carbocycles. The van der Waals surface area contributed by atoms with E-state index < -0.39 is 0 Å². The zero-order valence-corrected chi connectivity index (χ0v) is 8.02. The summed E-state index contributed by atoms with van der Waals surface area (Å²) in [6, 6.07) is 0. The van der Waals surface area contributed by atoms with Gasteiger partial charge >= 0.3 is 0 Å². The highest BCUT2D eigenvalue weighted by molar-refractivity contribution is 7.15. The van der Waals surface area contributed by atoms with Gasteiger partial charge in [0.05, 0.1) is 0 Å². The number of rotatable bonds is 3. The van der Waals surface area contributed by atoms with Gasteiger partial charge in [0.1, 0.15) is 0 Å². The first-order valence-electron chi connectivity index (χ1n) is 3.95. The Balaban J connectivity index is 2.58. The molecule has 0 N–H and O–H groups in total. The van der Waals surface area contributed by atoms with Crippen LogP contribution >= 0.6 is 11.3 Å². The maximum absolute atomic E-state index is 10.9. The van der Waals surface area contributed by atoms with Crippen molar-refractivity contribution < 1.29 is 4.79 Å². The van der Waals surface area contributed by atoms with Crippen molar-refractivity contribution in [3.05, 3.63) is 11.1 Å². The third-order valence-electron chi connectivity index (χ3n) is 1.41. The Hall–Kier alpha value is -0.900. The molecule has 0 atom stereocenters. The minimum absolute atomic E-state index is 0.105. The van der Waals surface area contributed by atoms with Gasteiger partial charge in [0, 0.05) is 17.5 Å². The van der Waals surface area contributed by atoms with Crippen molar-refractivity contribution in [1.29, 1.82) is 0 Å². The molecule has 0 saturated heterocycles. The van der Waals surface area contributed by atoms with E-state index in [4.69, 9.17) is 0 Å². The lowest BCUT2D eigenvalue weighted by Gasteiger charge is -1.91. The van der Waals surface area contributed by atoms with Gasteiger partial charge in [-0.2, -0.15) is 5.32 Å². The van der Waals surface area contributed by atoms with E-state index in [-0.39, 0.29) is 5.91 Å². The van der Waals surface area contributed by atoms with Crippen LogP contribution in [0.15, 0.2) is 6.20 Å². The Labute approximate surface area is 75.8 Å². The van der Waals surface area contributed by atoms with Gasteiger partial charge in [-0.1, -0.05) is 25.2 Å². The SMILES string of the molecule is CCC(=O)[N]c1ncc(CC)s1. The summed E-state index contributed by atoms with van der Waals surface area (Å²) in [6.45, 7) is 3.85. The molecule has 0 unspecified atom stereocenters. The highest BCUT2D eigenvalue weighted by atomic mass is 32.1. The Bertz CT molecular complexity index is 270. The Kier molecular flexibility index (Phi) is 3.22. The van der Waals surface area contributed by atoms with Gasteiger partial charge in [-0.15, -0.1) is 0 Å². The molecule has 1 heterocycles. The van der Waals surface area contributed by atoms with Crippen molar-refractivity contribution in [3.8, 4) is 0 Å². The van der Waals surface area contributed by atoms with Gasteiger partial charge < -0.3 is 0 Å². The fourth-order valence-corrected chi connectivity index (χ4v) is 1.44. The smallest absolute Gasteiger partial charge is 0.248 e. The van der Waals surface area contributed by atoms with Gasteiger partial charge in [0.25, 0.3) is 0 Å². The molecule has 0 saturated carbocycles. The molecule has 3 nitrogen and oxygen atoms in total. The van der Waals surface area contributed by atoms with Gasteiger partial charge in [0.2, 0.25) is 11.0 Å². The summed E-state index contributed by atoms with van der Waals surface area (Å²) >= 11 is 1.48. The van der Waals surface area contributed by atoms with Crippen LogP contribution in [0.3, 0.4) is 0 Å². The minimum atomic E-state index is -0.105. The molecule has 0 aliphatic rings. The predicted molar refractivity (Wildman–Crippen MR) is 48.6 cm³/mol. The summed E-state index contributed by atoms with van der Waals surface area (Å²) in [4.78, 5) is 16.0. The van der Waals surface area contributed by atoms with Gasteiger partial charge in [-0.3, -0.25) is 4.79 Å². The van der Waals surface area contributed by atoms with E-state index in [0.717, 1.165) is 11.3 Å². The first-order valence-corrected chi connectivity index (χ1v) is 4.77. The third kappa shape index (κ3) is 2.30. The van der Waals surface area contributed by atoms with Crippen molar-refractivity contribution in [2.75, 3.05) is 0 Å². The van der Waals surface area contributed by atoms with E-state index >= 15 is 0 Å². The lowest BCUT2D eigenvalue weighted by Crippen LogP contribution is -2.07. The zero-order valence-electron chi connectivity index (χ0n) is 7.20. The maximum Gasteiger partial charge on any atom is 0.248 e. The van der Waals surface area contributed by atoms with E-state index in [0.29, 0.717) is 11.6 Å². The second-order valence-electron chi connectivity index (χ2n) is 2.32. The van der Waals surface area contributed by atoms with Crippen LogP contribution in [0.5, 0.6) is 0 Å². The number of amides is 1. The van der Waals surface area contributed by atoms with Crippen molar-refractivity contribution in [2.24, 2.45) is 0 Å². The normalized spacial score (nSPS) is 9.83. The third-order valence-corrected chi connectivity index (χ3v) is 2.45. The lowest BCUT2D eigenvalue weighted by molar-refractivity contribution is -0.119. The van der Waals surface area contributed by atoms with Gasteiger partial charge in [-0.25, -0.2) is 4.98 Å². The van der Waals surface area contributed by atoms with E-state index in [2.05, 4.69) is 17.2 Å². The number of aromatic nitrogens is 1. The Morgan fingerprint density at radius 3 is 2.92 bits per heavy atom. The summed E-state index contributed by atoms with van der Waals surface area (Å²) in [5, 5.41) is 4.40. The van der Waals surface area contributed by atoms with E-state index in [1.165, 1.54) is 11.3 Å². The molecule has 4 heteroatoms. The van der Waals surface area contributed by atoms with Crippen LogP contribution in [-0.2, 0) is 11.2 Å². The fourth-order valence-electron chi connectivity index (χ4n) is 0.698. The molecule has 1 amide bonds. The highest BCUT2D eigenvalue weighted by Crippen LogP contribution is 2.18. The number of nitrogens with zero attached hydrogens (tertiary/aromatic N) is 2. The highest BCUT2D eigenvalue weighted by Gasteiger charge is 2.05. The Morgan fingerprint density at radius 1 is 1.67 bits per heavy atom. The van der Waals surface area contributed by atoms with Crippen LogP contribution in [-0.4, -0.2) is 10.9 Å². The average Bonchev–Trinajstić information content (AvgIpc) is 2.52. The standard InChI is InChI=1S/C8H11N2OS/c1-3-6-5-9-8(12-6)10-7(11)4-2/h5H,3-4H2,1-2H3. The lowest BCUT2D eigenvalue weighted by atomic mass is 10.4. The van der Waals surface area contributed by atoms with Crippen LogP contribution in [0.1, 0.15) is 25.1 Å². The molecular weight excluding hydrogens is 172 g/mol. The van der Waals surface area contributed by atoms with Crippen molar-refractivity contribution in [2.45, 2.75) is 26.7 Å². The minimum Gasteiger partial charge on any atom is -0.273 e. The number of hydrogen-bond donors (Lipinski definition) is 0. The summed E-state index contributed by atoms with van der Waals surface area (Å²) in [5.74, 6) is -0.105. The monoisotopic (exact) mass is 183 g/mol. The van der Waals surface area contributed by atoms with Crippen molar-refractivity contribution in [1.82, 2.24) is 10.3 Å². The quantitative estimate of drug-likeness (QED) is 0.718. The van der Waals surface area contributed by atoms with Crippen LogP contribution < -0.4 is 5.32 Å². The molecule has 0 aliphatic heterocycles. The molecule has 12 heavy (non-hydrogen) atoms. The number of hydrogen-bond acceptors (Lipinski definition) is 3. The number of thiazole rings is 1. The fraction of sp³-hybridized carbons (Fsp3) is 0.500. The summed E-state index contributed by atoms with van der Waals surface area (Å²) < 4.78 is 0. The molecule has 0 fully saturated rings.